The lowest BCUT2D eigenvalue weighted by Gasteiger charge is -2.36. The van der Waals surface area contributed by atoms with E-state index < -0.39 is 11.7 Å². The van der Waals surface area contributed by atoms with Crippen molar-refractivity contribution in [3.05, 3.63) is 35.4 Å². The second kappa shape index (κ2) is 8.01. The lowest BCUT2D eigenvalue weighted by molar-refractivity contribution is -0.138. The summed E-state index contributed by atoms with van der Waals surface area (Å²) in [5, 5.41) is 0. The molecule has 0 radical (unpaired) electrons. The monoisotopic (exact) mass is 342 g/mol. The fourth-order valence-corrected chi connectivity index (χ4v) is 3.23. The molecule has 1 saturated heterocycles. The summed E-state index contributed by atoms with van der Waals surface area (Å²) in [6, 6.07) is 4.92. The zero-order valence-corrected chi connectivity index (χ0v) is 14.3. The summed E-state index contributed by atoms with van der Waals surface area (Å²) in [7, 11) is 1.72. The minimum atomic E-state index is -4.33. The van der Waals surface area contributed by atoms with Gasteiger partial charge in [0.05, 0.1) is 11.6 Å². The Labute approximate surface area is 141 Å². The summed E-state index contributed by atoms with van der Waals surface area (Å²) < 4.78 is 37.8. The third-order valence-electron chi connectivity index (χ3n) is 4.49. The van der Waals surface area contributed by atoms with E-state index in [9.17, 15) is 18.0 Å². The molecule has 1 aromatic rings. The highest BCUT2D eigenvalue weighted by atomic mass is 19.4. The lowest BCUT2D eigenvalue weighted by atomic mass is 10.0. The Bertz CT molecular complexity index is 540. The van der Waals surface area contributed by atoms with Crippen molar-refractivity contribution in [2.24, 2.45) is 0 Å². The van der Waals surface area contributed by atoms with Gasteiger partial charge in [-0.05, 0) is 50.0 Å². The van der Waals surface area contributed by atoms with E-state index in [1.165, 1.54) is 12.1 Å². The van der Waals surface area contributed by atoms with Crippen LogP contribution >= 0.6 is 0 Å². The molecule has 1 aliphatic heterocycles. The highest BCUT2D eigenvalue weighted by Gasteiger charge is 2.31. The number of rotatable bonds is 5. The molecule has 0 saturated carbocycles. The van der Waals surface area contributed by atoms with E-state index in [1.54, 1.807) is 11.9 Å². The van der Waals surface area contributed by atoms with Crippen LogP contribution in [0.15, 0.2) is 24.3 Å². The van der Waals surface area contributed by atoms with Crippen molar-refractivity contribution in [3.63, 3.8) is 0 Å². The molecule has 0 bridgehead atoms. The average Bonchev–Trinajstić information content (AvgIpc) is 2.54. The molecule has 6 heteroatoms. The maximum Gasteiger partial charge on any atom is 0.416 e. The first-order chi connectivity index (χ1) is 11.3. The van der Waals surface area contributed by atoms with Gasteiger partial charge in [0.15, 0.2) is 0 Å². The van der Waals surface area contributed by atoms with Gasteiger partial charge in [0.25, 0.3) is 0 Å². The molecule has 0 N–H and O–H groups in total. The molecule has 1 aliphatic rings. The molecular formula is C18H25F3N2O. The van der Waals surface area contributed by atoms with Gasteiger partial charge < -0.3 is 4.90 Å². The van der Waals surface area contributed by atoms with Crippen molar-refractivity contribution >= 4 is 5.91 Å². The van der Waals surface area contributed by atoms with Gasteiger partial charge in [0.2, 0.25) is 5.91 Å². The first kappa shape index (κ1) is 18.8. The quantitative estimate of drug-likeness (QED) is 0.809. The predicted molar refractivity (Wildman–Crippen MR) is 87.4 cm³/mol. The smallest absolute Gasteiger partial charge is 0.340 e. The van der Waals surface area contributed by atoms with Gasteiger partial charge in [-0.25, -0.2) is 0 Å². The first-order valence-electron chi connectivity index (χ1n) is 8.48. The Hall–Kier alpha value is -1.56. The van der Waals surface area contributed by atoms with Gasteiger partial charge >= 0.3 is 6.18 Å². The number of carbonyl (C=O) groups is 1. The summed E-state index contributed by atoms with van der Waals surface area (Å²) in [5.41, 5.74) is 0.0401. The second-order valence-electron chi connectivity index (χ2n) is 6.44. The summed E-state index contributed by atoms with van der Waals surface area (Å²) in [6.07, 6.45) is -0.303. The van der Waals surface area contributed by atoms with Crippen LogP contribution in [0.4, 0.5) is 13.2 Å². The van der Waals surface area contributed by atoms with Crippen LogP contribution in [0.3, 0.4) is 0 Å². The van der Waals surface area contributed by atoms with Crippen LogP contribution in [-0.2, 0) is 17.5 Å². The Balaban J connectivity index is 2.00. The highest BCUT2D eigenvalue weighted by molar-refractivity contribution is 5.81. The van der Waals surface area contributed by atoms with Gasteiger partial charge in [0.1, 0.15) is 0 Å². The topological polar surface area (TPSA) is 23.6 Å². The van der Waals surface area contributed by atoms with Crippen LogP contribution in [0.2, 0.25) is 0 Å². The van der Waals surface area contributed by atoms with E-state index in [0.717, 1.165) is 50.9 Å². The van der Waals surface area contributed by atoms with Crippen LogP contribution < -0.4 is 0 Å². The second-order valence-corrected chi connectivity index (χ2v) is 6.44. The van der Waals surface area contributed by atoms with Crippen molar-refractivity contribution in [1.82, 2.24) is 9.80 Å². The molecule has 0 spiro atoms. The number of hydrogen-bond donors (Lipinski definition) is 0. The van der Waals surface area contributed by atoms with Crippen LogP contribution in [0.5, 0.6) is 0 Å². The summed E-state index contributed by atoms with van der Waals surface area (Å²) in [4.78, 5) is 16.6. The van der Waals surface area contributed by atoms with Crippen LogP contribution in [-0.4, -0.2) is 41.9 Å². The zero-order chi connectivity index (χ0) is 17.7. The fraction of sp³-hybridized carbons (Fsp3) is 0.611. The third-order valence-corrected chi connectivity index (χ3v) is 4.49. The summed E-state index contributed by atoms with van der Waals surface area (Å²) in [5.74, 6) is 0.0584. The van der Waals surface area contributed by atoms with E-state index in [0.29, 0.717) is 12.1 Å². The maximum atomic E-state index is 12.7. The van der Waals surface area contributed by atoms with Crippen LogP contribution in [0, 0.1) is 0 Å². The number of nitrogens with zero attached hydrogens (tertiary/aromatic N) is 2. The molecular weight excluding hydrogens is 317 g/mol. The number of amides is 1. The standard InChI is InChI=1S/C18H25F3N2O/c1-3-11-23-12-5-4-6-16(23)17(24)22(2)13-14-7-9-15(10-8-14)18(19,20)21/h7-10,16H,3-6,11-13H2,1-2H3. The number of benzene rings is 1. The Kier molecular flexibility index (Phi) is 6.27. The Morgan fingerprint density at radius 2 is 1.92 bits per heavy atom. The van der Waals surface area contributed by atoms with Gasteiger partial charge in [-0.3, -0.25) is 9.69 Å². The van der Waals surface area contributed by atoms with Crippen molar-refractivity contribution in [1.29, 1.82) is 0 Å². The average molecular weight is 342 g/mol. The number of carbonyl (C=O) groups excluding carboxylic acids is 1. The minimum Gasteiger partial charge on any atom is -0.340 e. The van der Waals surface area contributed by atoms with Gasteiger partial charge in [-0.1, -0.05) is 25.5 Å². The molecule has 0 aliphatic carbocycles. The fourth-order valence-electron chi connectivity index (χ4n) is 3.23. The molecule has 3 nitrogen and oxygen atoms in total. The molecule has 1 unspecified atom stereocenters. The van der Waals surface area contributed by atoms with Crippen molar-refractivity contribution in [3.8, 4) is 0 Å². The number of alkyl halides is 3. The molecule has 0 aromatic heterocycles. The molecule has 2 rings (SSSR count). The normalized spacial score (nSPS) is 19.3. The molecule has 1 aromatic carbocycles. The van der Waals surface area contributed by atoms with E-state index in [-0.39, 0.29) is 11.9 Å². The zero-order valence-electron chi connectivity index (χ0n) is 14.3. The van der Waals surface area contributed by atoms with Crippen molar-refractivity contribution in [2.75, 3.05) is 20.1 Å². The number of piperidine rings is 1. The first-order valence-corrected chi connectivity index (χ1v) is 8.48. The van der Waals surface area contributed by atoms with Crippen molar-refractivity contribution < 1.29 is 18.0 Å². The van der Waals surface area contributed by atoms with E-state index >= 15 is 0 Å². The number of likely N-dealkylation sites (N-methyl/N-ethyl adjacent to an activating group) is 1. The molecule has 1 amide bonds. The Morgan fingerprint density at radius 1 is 1.25 bits per heavy atom. The minimum absolute atomic E-state index is 0.0584. The largest absolute Gasteiger partial charge is 0.416 e. The molecule has 134 valence electrons. The number of likely N-dealkylation sites (tertiary alicyclic amines) is 1. The van der Waals surface area contributed by atoms with E-state index in [1.807, 2.05) is 0 Å². The molecule has 1 fully saturated rings. The SMILES string of the molecule is CCCN1CCCCC1C(=O)N(C)Cc1ccc(C(F)(F)F)cc1. The summed E-state index contributed by atoms with van der Waals surface area (Å²) in [6.45, 7) is 4.28. The van der Waals surface area contributed by atoms with E-state index in [2.05, 4.69) is 11.8 Å². The summed E-state index contributed by atoms with van der Waals surface area (Å²) >= 11 is 0. The van der Waals surface area contributed by atoms with E-state index in [4.69, 9.17) is 0 Å². The van der Waals surface area contributed by atoms with Gasteiger partial charge in [-0.2, -0.15) is 13.2 Å². The van der Waals surface area contributed by atoms with Crippen LogP contribution in [0.1, 0.15) is 43.7 Å². The number of hydrogen-bond acceptors (Lipinski definition) is 2. The predicted octanol–water partition coefficient (Wildman–Crippen LogP) is 3.93. The maximum absolute atomic E-state index is 12.7. The molecule has 1 atom stereocenters. The lowest BCUT2D eigenvalue weighted by Crippen LogP contribution is -2.49. The molecule has 1 heterocycles. The van der Waals surface area contributed by atoms with Crippen molar-refractivity contribution in [2.45, 2.75) is 51.4 Å². The van der Waals surface area contributed by atoms with Crippen LogP contribution in [0.25, 0.3) is 0 Å². The van der Waals surface area contributed by atoms with Gasteiger partial charge in [-0.15, -0.1) is 0 Å². The number of halogens is 3. The highest BCUT2D eigenvalue weighted by Crippen LogP contribution is 2.29. The van der Waals surface area contributed by atoms with Gasteiger partial charge in [0, 0.05) is 13.6 Å². The molecule has 24 heavy (non-hydrogen) atoms. The Morgan fingerprint density at radius 3 is 2.50 bits per heavy atom. The third kappa shape index (κ3) is 4.72.